The van der Waals surface area contributed by atoms with Gasteiger partial charge in [0, 0.05) is 22.9 Å². The zero-order chi connectivity index (χ0) is 9.42. The van der Waals surface area contributed by atoms with Crippen LogP contribution >= 0.6 is 0 Å². The molecule has 0 heterocycles. The largest absolute Gasteiger partial charge is 0.206 e. The lowest BCUT2D eigenvalue weighted by atomic mass is 10.1. The first-order valence-corrected chi connectivity index (χ1v) is 3.64. The molecular weight excluding hydrogens is 177 g/mol. The molecule has 13 heavy (non-hydrogen) atoms. The normalized spacial score (nSPS) is 10.7. The number of halogens is 3. The van der Waals surface area contributed by atoms with Gasteiger partial charge >= 0.3 is 0 Å². The van der Waals surface area contributed by atoms with Gasteiger partial charge in [-0.15, -0.1) is 0 Å². The van der Waals surface area contributed by atoms with Crippen LogP contribution in [0.15, 0.2) is 24.3 Å². The van der Waals surface area contributed by atoms with E-state index < -0.39 is 17.5 Å². The summed E-state index contributed by atoms with van der Waals surface area (Å²) in [6, 6.07) is 6.68. The lowest BCUT2D eigenvalue weighted by Crippen LogP contribution is -1.86. The first kappa shape index (κ1) is 8.10. The summed E-state index contributed by atoms with van der Waals surface area (Å²) < 4.78 is 38.6. The molecule has 2 rings (SSSR count). The van der Waals surface area contributed by atoms with E-state index >= 15 is 0 Å². The molecule has 0 aliphatic rings. The summed E-state index contributed by atoms with van der Waals surface area (Å²) in [4.78, 5) is 0. The molecule has 0 unspecified atom stereocenters. The van der Waals surface area contributed by atoms with E-state index in [2.05, 4.69) is 6.07 Å². The molecule has 0 saturated heterocycles. The van der Waals surface area contributed by atoms with Gasteiger partial charge in [0.2, 0.25) is 0 Å². The third kappa shape index (κ3) is 1.26. The summed E-state index contributed by atoms with van der Waals surface area (Å²) in [6.45, 7) is 0. The second kappa shape index (κ2) is 2.76. The zero-order valence-electron chi connectivity index (χ0n) is 6.44. The number of hydrogen-bond donors (Lipinski definition) is 0. The van der Waals surface area contributed by atoms with Gasteiger partial charge in [-0.3, -0.25) is 0 Å². The van der Waals surface area contributed by atoms with Gasteiger partial charge in [-0.25, -0.2) is 13.2 Å². The first-order valence-electron chi connectivity index (χ1n) is 3.64. The van der Waals surface area contributed by atoms with Gasteiger partial charge in [0.1, 0.15) is 17.5 Å². The molecular formula is C10H4F3. The smallest absolute Gasteiger partial charge is 0.134 e. The molecule has 2 aromatic carbocycles. The van der Waals surface area contributed by atoms with Crippen molar-refractivity contribution < 1.29 is 13.2 Å². The van der Waals surface area contributed by atoms with E-state index in [-0.39, 0.29) is 10.8 Å². The summed E-state index contributed by atoms with van der Waals surface area (Å²) in [5.41, 5.74) is 0. The predicted molar refractivity (Wildman–Crippen MR) is 42.7 cm³/mol. The molecule has 0 aliphatic carbocycles. The third-order valence-electron chi connectivity index (χ3n) is 1.77. The van der Waals surface area contributed by atoms with Crippen molar-refractivity contribution in [2.45, 2.75) is 0 Å². The highest BCUT2D eigenvalue weighted by atomic mass is 19.1. The summed E-state index contributed by atoms with van der Waals surface area (Å²) in [5, 5.41) is -0.110. The van der Waals surface area contributed by atoms with Crippen molar-refractivity contribution in [1.82, 2.24) is 0 Å². The Morgan fingerprint density at radius 3 is 2.54 bits per heavy atom. The van der Waals surface area contributed by atoms with Crippen LogP contribution in [0.1, 0.15) is 0 Å². The Kier molecular flexibility index (Phi) is 1.72. The van der Waals surface area contributed by atoms with Crippen LogP contribution in [0.3, 0.4) is 0 Å². The molecule has 0 aliphatic heterocycles. The molecule has 0 atom stereocenters. The Morgan fingerprint density at radius 2 is 1.77 bits per heavy atom. The average Bonchev–Trinajstić information content (AvgIpc) is 2.07. The van der Waals surface area contributed by atoms with Crippen LogP contribution in [0.4, 0.5) is 13.2 Å². The van der Waals surface area contributed by atoms with E-state index in [1.165, 1.54) is 12.1 Å². The highest BCUT2D eigenvalue weighted by Crippen LogP contribution is 2.21. The molecule has 0 aromatic heterocycles. The second-order valence-electron chi connectivity index (χ2n) is 2.63. The molecule has 0 fully saturated rings. The Bertz CT molecular complexity index is 463. The fraction of sp³-hybridized carbons (Fsp3) is 0. The van der Waals surface area contributed by atoms with E-state index in [0.717, 1.165) is 6.07 Å². The standard InChI is InChI=1S/C10H4F3/c11-6-4-8-7(10(13)5-6)2-1-3-9(8)12/h1-3,5H. The van der Waals surface area contributed by atoms with Crippen LogP contribution in [-0.2, 0) is 0 Å². The van der Waals surface area contributed by atoms with Crippen molar-refractivity contribution in [2.75, 3.05) is 0 Å². The van der Waals surface area contributed by atoms with Gasteiger partial charge in [0.15, 0.2) is 0 Å². The maximum atomic E-state index is 13.0. The maximum Gasteiger partial charge on any atom is 0.134 e. The lowest BCUT2D eigenvalue weighted by Gasteiger charge is -1.99. The van der Waals surface area contributed by atoms with Gasteiger partial charge in [-0.1, -0.05) is 12.1 Å². The van der Waals surface area contributed by atoms with Crippen molar-refractivity contribution in [3.63, 3.8) is 0 Å². The Labute approximate surface area is 72.6 Å². The van der Waals surface area contributed by atoms with Gasteiger partial charge in [-0.05, 0) is 6.07 Å². The van der Waals surface area contributed by atoms with E-state index in [1.54, 1.807) is 0 Å². The van der Waals surface area contributed by atoms with Crippen molar-refractivity contribution >= 4 is 10.8 Å². The number of hydrogen-bond acceptors (Lipinski definition) is 0. The maximum absolute atomic E-state index is 13.0. The van der Waals surface area contributed by atoms with Crippen LogP contribution in [-0.4, -0.2) is 0 Å². The molecule has 1 radical (unpaired) electrons. The Morgan fingerprint density at radius 1 is 1.00 bits per heavy atom. The number of rotatable bonds is 0. The molecule has 65 valence electrons. The second-order valence-corrected chi connectivity index (χ2v) is 2.63. The quantitative estimate of drug-likeness (QED) is 0.585. The summed E-state index contributed by atoms with van der Waals surface area (Å²) >= 11 is 0. The fourth-order valence-corrected chi connectivity index (χ4v) is 1.19. The van der Waals surface area contributed by atoms with Crippen molar-refractivity contribution in [2.24, 2.45) is 0 Å². The van der Waals surface area contributed by atoms with Crippen LogP contribution in [0, 0.1) is 23.5 Å². The minimum Gasteiger partial charge on any atom is -0.206 e. The van der Waals surface area contributed by atoms with Gasteiger partial charge in [0.25, 0.3) is 0 Å². The van der Waals surface area contributed by atoms with Crippen molar-refractivity contribution in [3.05, 3.63) is 47.8 Å². The van der Waals surface area contributed by atoms with E-state index in [1.807, 2.05) is 0 Å². The average molecular weight is 181 g/mol. The predicted octanol–water partition coefficient (Wildman–Crippen LogP) is 3.06. The highest BCUT2D eigenvalue weighted by molar-refractivity contribution is 5.83. The van der Waals surface area contributed by atoms with Gasteiger partial charge < -0.3 is 0 Å². The SMILES string of the molecule is Fc1[c]c2c(F)cccc2c(F)c1. The van der Waals surface area contributed by atoms with E-state index in [9.17, 15) is 13.2 Å². The molecule has 0 nitrogen and oxygen atoms in total. The van der Waals surface area contributed by atoms with Crippen molar-refractivity contribution in [3.8, 4) is 0 Å². The van der Waals surface area contributed by atoms with Crippen LogP contribution < -0.4 is 0 Å². The van der Waals surface area contributed by atoms with Gasteiger partial charge in [0.05, 0.1) is 0 Å². The highest BCUT2D eigenvalue weighted by Gasteiger charge is 2.07. The van der Waals surface area contributed by atoms with Crippen LogP contribution in [0.5, 0.6) is 0 Å². The van der Waals surface area contributed by atoms with E-state index in [0.29, 0.717) is 6.07 Å². The minimum absolute atomic E-state index is 0.0430. The topological polar surface area (TPSA) is 0 Å². The summed E-state index contributed by atoms with van der Waals surface area (Å²) in [7, 11) is 0. The molecule has 0 spiro atoms. The fourth-order valence-electron chi connectivity index (χ4n) is 1.19. The Balaban J connectivity index is 2.94. The third-order valence-corrected chi connectivity index (χ3v) is 1.77. The molecule has 0 amide bonds. The molecule has 0 N–H and O–H groups in total. The molecule has 0 bridgehead atoms. The minimum atomic E-state index is -0.893. The lowest BCUT2D eigenvalue weighted by molar-refractivity contribution is 0.586. The zero-order valence-corrected chi connectivity index (χ0v) is 6.44. The first-order chi connectivity index (χ1) is 6.18. The monoisotopic (exact) mass is 181 g/mol. The molecule has 2 aromatic rings. The molecule has 0 saturated carbocycles. The van der Waals surface area contributed by atoms with E-state index in [4.69, 9.17) is 0 Å². The summed E-state index contributed by atoms with van der Waals surface area (Å²) in [6.07, 6.45) is 0. The van der Waals surface area contributed by atoms with Gasteiger partial charge in [-0.2, -0.15) is 0 Å². The number of benzene rings is 2. The van der Waals surface area contributed by atoms with Crippen molar-refractivity contribution in [1.29, 1.82) is 0 Å². The Hall–Kier alpha value is -1.51. The number of fused-ring (bicyclic) bond motifs is 1. The summed E-state index contributed by atoms with van der Waals surface area (Å²) in [5.74, 6) is -2.34. The molecule has 3 heteroatoms. The van der Waals surface area contributed by atoms with Crippen LogP contribution in [0.25, 0.3) is 10.8 Å². The van der Waals surface area contributed by atoms with Crippen LogP contribution in [0.2, 0.25) is 0 Å².